The first kappa shape index (κ1) is 14.4. The molecule has 0 bridgehead atoms. The van der Waals surface area contributed by atoms with E-state index in [0.717, 1.165) is 10.6 Å². The van der Waals surface area contributed by atoms with Crippen molar-refractivity contribution in [3.63, 3.8) is 0 Å². The first-order valence-electron chi connectivity index (χ1n) is 6.03. The maximum atomic E-state index is 6.09. The topological polar surface area (TPSA) is 64.9 Å². The minimum atomic E-state index is -0.220. The third-order valence-corrected chi connectivity index (χ3v) is 3.97. The molecule has 0 radical (unpaired) electrons. The molecule has 2 N–H and O–H groups in total. The summed E-state index contributed by atoms with van der Waals surface area (Å²) in [5.74, 6) is 1.44. The molecule has 0 amide bonds. The van der Waals surface area contributed by atoms with Gasteiger partial charge < -0.3 is 10.2 Å². The van der Waals surface area contributed by atoms with Crippen LogP contribution in [0.15, 0.2) is 33.9 Å². The average Bonchev–Trinajstić information content (AvgIpc) is 2.85. The van der Waals surface area contributed by atoms with Gasteiger partial charge in [-0.15, -0.1) is 10.2 Å². The first-order valence-corrected chi connectivity index (χ1v) is 7.39. The summed E-state index contributed by atoms with van der Waals surface area (Å²) < 4.78 is 5.54. The van der Waals surface area contributed by atoms with Crippen molar-refractivity contribution < 1.29 is 4.42 Å². The van der Waals surface area contributed by atoms with Crippen molar-refractivity contribution in [3.8, 4) is 0 Å². The zero-order valence-electron chi connectivity index (χ0n) is 10.8. The molecule has 0 unspecified atom stereocenters. The molecule has 1 aromatic heterocycles. The Hall–Kier alpha value is -1.04. The lowest BCUT2D eigenvalue weighted by Crippen LogP contribution is -2.16. The van der Waals surface area contributed by atoms with Gasteiger partial charge in [0.1, 0.15) is 0 Å². The maximum absolute atomic E-state index is 6.09. The lowest BCUT2D eigenvalue weighted by Gasteiger charge is -2.09. The number of benzene rings is 1. The quantitative estimate of drug-likeness (QED) is 0.853. The van der Waals surface area contributed by atoms with Crippen LogP contribution >= 0.6 is 23.4 Å². The number of aromatic nitrogens is 2. The Morgan fingerprint density at radius 3 is 2.74 bits per heavy atom. The molecule has 0 aliphatic rings. The summed E-state index contributed by atoms with van der Waals surface area (Å²) in [7, 11) is 0. The molecule has 19 heavy (non-hydrogen) atoms. The fourth-order valence-electron chi connectivity index (χ4n) is 1.45. The van der Waals surface area contributed by atoms with Crippen LogP contribution in [0.4, 0.5) is 0 Å². The molecule has 0 spiro atoms. The number of nitrogens with zero attached hydrogens (tertiary/aromatic N) is 2. The highest BCUT2D eigenvalue weighted by atomic mass is 35.5. The Balaban J connectivity index is 1.99. The molecule has 1 atom stereocenters. The predicted octanol–water partition coefficient (Wildman–Crippen LogP) is 3.67. The van der Waals surface area contributed by atoms with Gasteiger partial charge in [0, 0.05) is 10.8 Å². The second-order valence-corrected chi connectivity index (χ2v) is 5.89. The second-order valence-electron chi connectivity index (χ2n) is 4.56. The van der Waals surface area contributed by atoms with Crippen LogP contribution < -0.4 is 5.73 Å². The molecule has 0 fully saturated rings. The molecule has 1 heterocycles. The van der Waals surface area contributed by atoms with Crippen molar-refractivity contribution in [1.29, 1.82) is 0 Å². The Bertz CT molecular complexity index is 544. The molecule has 2 rings (SSSR count). The summed E-state index contributed by atoms with van der Waals surface area (Å²) in [6.07, 6.45) is 0. The lowest BCUT2D eigenvalue weighted by molar-refractivity contribution is 0.349. The largest absolute Gasteiger partial charge is 0.414 e. The molecule has 2 aromatic rings. The highest BCUT2D eigenvalue weighted by molar-refractivity contribution is 7.98. The Morgan fingerprint density at radius 2 is 2.05 bits per heavy atom. The summed E-state index contributed by atoms with van der Waals surface area (Å²) in [6.45, 7) is 4.04. The number of thioether (sulfide) groups is 1. The zero-order chi connectivity index (χ0) is 13.8. The summed E-state index contributed by atoms with van der Waals surface area (Å²) in [5.41, 5.74) is 7.00. The zero-order valence-corrected chi connectivity index (χ0v) is 12.4. The highest BCUT2D eigenvalue weighted by Crippen LogP contribution is 2.27. The fraction of sp³-hybridized carbons (Fsp3) is 0.385. The predicted molar refractivity (Wildman–Crippen MR) is 77.1 cm³/mol. The first-order chi connectivity index (χ1) is 9.08. The van der Waals surface area contributed by atoms with Gasteiger partial charge >= 0.3 is 0 Å². The highest BCUT2D eigenvalue weighted by Gasteiger charge is 2.18. The van der Waals surface area contributed by atoms with Gasteiger partial charge in [0.25, 0.3) is 5.22 Å². The molecule has 0 aliphatic carbocycles. The van der Waals surface area contributed by atoms with Crippen molar-refractivity contribution in [1.82, 2.24) is 10.2 Å². The summed E-state index contributed by atoms with van der Waals surface area (Å²) in [6, 6.07) is 7.48. The van der Waals surface area contributed by atoms with Crippen LogP contribution in [0.2, 0.25) is 5.02 Å². The van der Waals surface area contributed by atoms with E-state index in [-0.39, 0.29) is 12.0 Å². The lowest BCUT2D eigenvalue weighted by atomic mass is 10.1. The third-order valence-electron chi connectivity index (χ3n) is 2.73. The Morgan fingerprint density at radius 1 is 1.32 bits per heavy atom. The molecule has 0 aliphatic heterocycles. The van der Waals surface area contributed by atoms with Gasteiger partial charge in [-0.1, -0.05) is 55.4 Å². The van der Waals surface area contributed by atoms with Crippen LogP contribution in [0.5, 0.6) is 0 Å². The van der Waals surface area contributed by atoms with E-state index >= 15 is 0 Å². The van der Waals surface area contributed by atoms with Gasteiger partial charge in [-0.25, -0.2) is 0 Å². The Labute approximate surface area is 121 Å². The van der Waals surface area contributed by atoms with Crippen molar-refractivity contribution in [2.75, 3.05) is 0 Å². The van der Waals surface area contributed by atoms with Crippen LogP contribution in [-0.2, 0) is 5.75 Å². The molecular weight excluding hydrogens is 282 g/mol. The minimum Gasteiger partial charge on any atom is -0.414 e. The van der Waals surface area contributed by atoms with Crippen LogP contribution in [0, 0.1) is 5.92 Å². The van der Waals surface area contributed by atoms with Gasteiger partial charge in [0.15, 0.2) is 0 Å². The average molecular weight is 298 g/mol. The van der Waals surface area contributed by atoms with Gasteiger partial charge in [-0.3, -0.25) is 0 Å². The SMILES string of the molecule is CC(C)[C@H](N)c1nnc(SCc2ccccc2Cl)o1. The van der Waals surface area contributed by atoms with E-state index in [4.69, 9.17) is 21.8 Å². The van der Waals surface area contributed by atoms with E-state index in [2.05, 4.69) is 10.2 Å². The molecule has 0 saturated heterocycles. The van der Waals surface area contributed by atoms with Gasteiger partial charge in [0.05, 0.1) is 6.04 Å². The molecule has 4 nitrogen and oxygen atoms in total. The van der Waals surface area contributed by atoms with Crippen molar-refractivity contribution in [3.05, 3.63) is 40.7 Å². The Kier molecular flexibility index (Phi) is 4.85. The smallest absolute Gasteiger partial charge is 0.276 e. The number of hydrogen-bond acceptors (Lipinski definition) is 5. The molecule has 0 saturated carbocycles. The van der Waals surface area contributed by atoms with Crippen LogP contribution in [0.1, 0.15) is 31.3 Å². The van der Waals surface area contributed by atoms with Gasteiger partial charge in [-0.2, -0.15) is 0 Å². The van der Waals surface area contributed by atoms with Gasteiger partial charge in [-0.05, 0) is 17.5 Å². The van der Waals surface area contributed by atoms with E-state index in [1.54, 1.807) is 0 Å². The number of rotatable bonds is 5. The van der Waals surface area contributed by atoms with E-state index in [1.807, 2.05) is 38.1 Å². The number of nitrogens with two attached hydrogens (primary N) is 1. The summed E-state index contributed by atoms with van der Waals surface area (Å²) in [5, 5.41) is 9.23. The van der Waals surface area contributed by atoms with Crippen LogP contribution in [0.25, 0.3) is 0 Å². The molecular formula is C13H16ClN3OS. The van der Waals surface area contributed by atoms with Crippen LogP contribution in [-0.4, -0.2) is 10.2 Å². The fourth-order valence-corrected chi connectivity index (χ4v) is 2.51. The second kappa shape index (κ2) is 6.41. The van der Waals surface area contributed by atoms with Crippen molar-refractivity contribution >= 4 is 23.4 Å². The molecule has 6 heteroatoms. The van der Waals surface area contributed by atoms with Crippen molar-refractivity contribution in [2.24, 2.45) is 11.7 Å². The van der Waals surface area contributed by atoms with E-state index in [9.17, 15) is 0 Å². The molecule has 1 aromatic carbocycles. The van der Waals surface area contributed by atoms with Crippen LogP contribution in [0.3, 0.4) is 0 Å². The van der Waals surface area contributed by atoms with E-state index < -0.39 is 0 Å². The van der Waals surface area contributed by atoms with E-state index in [0.29, 0.717) is 16.9 Å². The standard InChI is InChI=1S/C13H16ClN3OS/c1-8(2)11(15)12-16-17-13(18-12)19-7-9-5-3-4-6-10(9)14/h3-6,8,11H,7,15H2,1-2H3/t11-/m0/s1. The third kappa shape index (κ3) is 3.72. The normalized spacial score (nSPS) is 12.9. The van der Waals surface area contributed by atoms with Gasteiger partial charge in [0.2, 0.25) is 5.89 Å². The van der Waals surface area contributed by atoms with Crippen molar-refractivity contribution in [2.45, 2.75) is 30.9 Å². The summed E-state index contributed by atoms with van der Waals surface area (Å²) >= 11 is 7.55. The summed E-state index contributed by atoms with van der Waals surface area (Å²) in [4.78, 5) is 0. The number of halogens is 1. The monoisotopic (exact) mass is 297 g/mol. The number of hydrogen-bond donors (Lipinski definition) is 1. The van der Waals surface area contributed by atoms with E-state index in [1.165, 1.54) is 11.8 Å². The minimum absolute atomic E-state index is 0.220. The molecule has 102 valence electrons. The maximum Gasteiger partial charge on any atom is 0.276 e.